The number of oxime groups is 1. The van der Waals surface area contributed by atoms with Gasteiger partial charge in [0.15, 0.2) is 0 Å². The third kappa shape index (κ3) is 2.45. The van der Waals surface area contributed by atoms with E-state index in [1.807, 2.05) is 0 Å². The molecule has 26 heavy (non-hydrogen) atoms. The predicted octanol–water partition coefficient (Wildman–Crippen LogP) is 3.79. The molecular weight excluding hydrogens is 335 g/mol. The Morgan fingerprint density at radius 3 is 2.77 bits per heavy atom. The summed E-state index contributed by atoms with van der Waals surface area (Å²) in [5, 5.41) is 14.1. The molecular formula is C20H17FN2O3. The molecule has 0 radical (unpaired) electrons. The third-order valence-corrected chi connectivity index (χ3v) is 4.78. The van der Waals surface area contributed by atoms with Gasteiger partial charge in [0.2, 0.25) is 0 Å². The zero-order valence-corrected chi connectivity index (χ0v) is 14.2. The SMILES string of the molecule is COc1ccc2c(=O)n3c(c(-c4cccc(F)c4)c2c1)C(=NO)CCC3. The van der Waals surface area contributed by atoms with Gasteiger partial charge in [-0.25, -0.2) is 4.39 Å². The zero-order chi connectivity index (χ0) is 18.3. The minimum Gasteiger partial charge on any atom is -0.497 e. The van der Waals surface area contributed by atoms with Crippen molar-refractivity contribution in [2.24, 2.45) is 5.16 Å². The van der Waals surface area contributed by atoms with E-state index in [4.69, 9.17) is 4.74 Å². The molecule has 0 atom stereocenters. The molecule has 4 rings (SSSR count). The van der Waals surface area contributed by atoms with Crippen molar-refractivity contribution >= 4 is 16.5 Å². The summed E-state index contributed by atoms with van der Waals surface area (Å²) in [5.41, 5.74) is 2.10. The van der Waals surface area contributed by atoms with Crippen LogP contribution in [0.2, 0.25) is 0 Å². The second-order valence-corrected chi connectivity index (χ2v) is 6.25. The largest absolute Gasteiger partial charge is 0.497 e. The van der Waals surface area contributed by atoms with E-state index in [1.165, 1.54) is 12.1 Å². The number of halogens is 1. The van der Waals surface area contributed by atoms with Crippen molar-refractivity contribution in [3.8, 4) is 16.9 Å². The van der Waals surface area contributed by atoms with E-state index in [1.54, 1.807) is 42.0 Å². The van der Waals surface area contributed by atoms with Gasteiger partial charge < -0.3 is 14.5 Å². The molecule has 5 nitrogen and oxygen atoms in total. The Balaban J connectivity index is 2.22. The van der Waals surface area contributed by atoms with Crippen LogP contribution in [0.5, 0.6) is 5.75 Å². The molecule has 2 heterocycles. The zero-order valence-electron chi connectivity index (χ0n) is 14.2. The second kappa shape index (κ2) is 6.29. The van der Waals surface area contributed by atoms with Crippen LogP contribution in [0.25, 0.3) is 21.9 Å². The van der Waals surface area contributed by atoms with Gasteiger partial charge in [0.05, 0.1) is 12.8 Å². The third-order valence-electron chi connectivity index (χ3n) is 4.78. The van der Waals surface area contributed by atoms with Crippen LogP contribution < -0.4 is 10.3 Å². The fourth-order valence-electron chi connectivity index (χ4n) is 3.62. The summed E-state index contributed by atoms with van der Waals surface area (Å²) in [6, 6.07) is 11.4. The number of pyridine rings is 1. The lowest BCUT2D eigenvalue weighted by Crippen LogP contribution is -2.31. The van der Waals surface area contributed by atoms with Gasteiger partial charge in [0.1, 0.15) is 17.3 Å². The first-order valence-corrected chi connectivity index (χ1v) is 8.36. The van der Waals surface area contributed by atoms with E-state index >= 15 is 0 Å². The molecule has 1 aromatic heterocycles. The van der Waals surface area contributed by atoms with Crippen molar-refractivity contribution in [1.82, 2.24) is 4.57 Å². The van der Waals surface area contributed by atoms with Crippen molar-refractivity contribution in [2.75, 3.05) is 7.11 Å². The normalized spacial score (nSPS) is 15.2. The van der Waals surface area contributed by atoms with Gasteiger partial charge in [-0.05, 0) is 48.7 Å². The molecule has 0 spiro atoms. The Labute approximate surface area is 149 Å². The van der Waals surface area contributed by atoms with Crippen molar-refractivity contribution in [3.63, 3.8) is 0 Å². The topological polar surface area (TPSA) is 63.8 Å². The molecule has 1 aliphatic rings. The minimum absolute atomic E-state index is 0.154. The molecule has 0 unspecified atom stereocenters. The van der Waals surface area contributed by atoms with E-state index in [2.05, 4.69) is 5.16 Å². The summed E-state index contributed by atoms with van der Waals surface area (Å²) in [5.74, 6) is 0.222. The van der Waals surface area contributed by atoms with Crippen LogP contribution >= 0.6 is 0 Å². The maximum Gasteiger partial charge on any atom is 0.258 e. The average molecular weight is 352 g/mol. The quantitative estimate of drug-likeness (QED) is 0.564. The number of nitrogens with zero attached hydrogens (tertiary/aromatic N) is 2. The highest BCUT2D eigenvalue weighted by atomic mass is 19.1. The first-order valence-electron chi connectivity index (χ1n) is 8.36. The number of ether oxygens (including phenoxy) is 1. The predicted molar refractivity (Wildman–Crippen MR) is 97.7 cm³/mol. The summed E-state index contributed by atoms with van der Waals surface area (Å²) in [7, 11) is 1.55. The molecule has 1 N–H and O–H groups in total. The fourth-order valence-corrected chi connectivity index (χ4v) is 3.62. The number of rotatable bonds is 2. The second-order valence-electron chi connectivity index (χ2n) is 6.25. The molecule has 6 heteroatoms. The highest BCUT2D eigenvalue weighted by molar-refractivity contribution is 6.11. The Morgan fingerprint density at radius 2 is 2.04 bits per heavy atom. The lowest BCUT2D eigenvalue weighted by atomic mass is 9.91. The molecule has 3 aromatic rings. The summed E-state index contributed by atoms with van der Waals surface area (Å²) in [4.78, 5) is 13.0. The van der Waals surface area contributed by atoms with E-state index < -0.39 is 0 Å². The standard InChI is InChI=1S/C20H17FN2O3/c1-26-14-7-8-15-16(11-14)18(12-4-2-5-13(21)10-12)19-17(22-25)6-3-9-23(19)20(15)24/h2,4-5,7-8,10-11,25H,3,6,9H2,1H3. The van der Waals surface area contributed by atoms with Gasteiger partial charge in [-0.1, -0.05) is 17.3 Å². The van der Waals surface area contributed by atoms with Crippen LogP contribution in [-0.4, -0.2) is 22.6 Å². The van der Waals surface area contributed by atoms with Crippen LogP contribution in [0.4, 0.5) is 4.39 Å². The first-order chi connectivity index (χ1) is 12.6. The molecule has 0 fully saturated rings. The van der Waals surface area contributed by atoms with E-state index in [9.17, 15) is 14.4 Å². The Morgan fingerprint density at radius 1 is 1.19 bits per heavy atom. The maximum absolute atomic E-state index is 13.9. The van der Waals surface area contributed by atoms with Crippen molar-refractivity contribution in [2.45, 2.75) is 19.4 Å². The van der Waals surface area contributed by atoms with E-state index in [-0.39, 0.29) is 11.4 Å². The first kappa shape index (κ1) is 16.3. The highest BCUT2D eigenvalue weighted by Gasteiger charge is 2.25. The molecule has 2 aromatic carbocycles. The van der Waals surface area contributed by atoms with Gasteiger partial charge in [-0.2, -0.15) is 0 Å². The van der Waals surface area contributed by atoms with Gasteiger partial charge in [0.25, 0.3) is 5.56 Å². The molecule has 0 aliphatic carbocycles. The lowest BCUT2D eigenvalue weighted by molar-refractivity contribution is 0.316. The summed E-state index contributed by atoms with van der Waals surface area (Å²) < 4.78 is 20.8. The number of aromatic nitrogens is 1. The smallest absolute Gasteiger partial charge is 0.258 e. The number of hydrogen-bond acceptors (Lipinski definition) is 4. The van der Waals surface area contributed by atoms with Gasteiger partial charge in [-0.15, -0.1) is 0 Å². The Kier molecular flexibility index (Phi) is 3.95. The van der Waals surface area contributed by atoms with E-state index in [0.717, 1.165) is 0 Å². The van der Waals surface area contributed by atoms with Crippen LogP contribution in [0.1, 0.15) is 18.5 Å². The van der Waals surface area contributed by atoms with Crippen LogP contribution in [0, 0.1) is 5.82 Å². The lowest BCUT2D eigenvalue weighted by Gasteiger charge is -2.24. The number of fused-ring (bicyclic) bond motifs is 2. The van der Waals surface area contributed by atoms with Gasteiger partial charge in [0, 0.05) is 22.9 Å². The van der Waals surface area contributed by atoms with Gasteiger partial charge >= 0.3 is 0 Å². The highest BCUT2D eigenvalue weighted by Crippen LogP contribution is 2.35. The number of benzene rings is 2. The maximum atomic E-state index is 13.9. The van der Waals surface area contributed by atoms with Crippen molar-refractivity contribution < 1.29 is 14.3 Å². The molecule has 0 bridgehead atoms. The molecule has 0 amide bonds. The van der Waals surface area contributed by atoms with Crippen LogP contribution in [0.3, 0.4) is 0 Å². The van der Waals surface area contributed by atoms with Gasteiger partial charge in [-0.3, -0.25) is 4.79 Å². The molecule has 0 saturated carbocycles. The summed E-state index contributed by atoms with van der Waals surface area (Å²) in [6.45, 7) is 0.525. The average Bonchev–Trinajstić information content (AvgIpc) is 2.67. The number of hydrogen-bond donors (Lipinski definition) is 1. The summed E-state index contributed by atoms with van der Waals surface area (Å²) in [6.07, 6.45) is 1.25. The van der Waals surface area contributed by atoms with Crippen molar-refractivity contribution in [3.05, 3.63) is 64.3 Å². The fraction of sp³-hybridized carbons (Fsp3) is 0.200. The van der Waals surface area contributed by atoms with Crippen LogP contribution in [-0.2, 0) is 6.54 Å². The molecule has 132 valence electrons. The van der Waals surface area contributed by atoms with Crippen molar-refractivity contribution in [1.29, 1.82) is 0 Å². The van der Waals surface area contributed by atoms with Crippen LogP contribution in [0.15, 0.2) is 52.4 Å². The Bertz CT molecular complexity index is 1100. The number of methoxy groups -OCH3 is 1. The summed E-state index contributed by atoms with van der Waals surface area (Å²) >= 11 is 0. The molecule has 0 saturated heterocycles. The van der Waals surface area contributed by atoms with E-state index in [0.29, 0.717) is 58.4 Å². The minimum atomic E-state index is -0.373. The Hall–Kier alpha value is -3.15. The monoisotopic (exact) mass is 352 g/mol. The molecule has 1 aliphatic heterocycles.